The van der Waals surface area contributed by atoms with Gasteiger partial charge in [0, 0.05) is 5.02 Å². The summed E-state index contributed by atoms with van der Waals surface area (Å²) >= 11 is 6.10. The van der Waals surface area contributed by atoms with Gasteiger partial charge in [-0.05, 0) is 51.3 Å². The monoisotopic (exact) mass is 269 g/mol. The standard InChI is InChI=1S/C14H20ClNO2/c1-9-5-6-10(11(15)7-9)8-12(16)13(17)18-14(2,3)4/h5-7,12H,8,16H2,1-4H3/t12-/m0/s1. The van der Waals surface area contributed by atoms with Crippen LogP contribution in [0.15, 0.2) is 18.2 Å². The van der Waals surface area contributed by atoms with Gasteiger partial charge in [-0.2, -0.15) is 0 Å². The van der Waals surface area contributed by atoms with Gasteiger partial charge in [0.2, 0.25) is 0 Å². The van der Waals surface area contributed by atoms with E-state index in [1.165, 1.54) is 0 Å². The number of carbonyl (C=O) groups is 1. The van der Waals surface area contributed by atoms with Crippen LogP contribution in [0.2, 0.25) is 5.02 Å². The highest BCUT2D eigenvalue weighted by molar-refractivity contribution is 6.31. The molecule has 0 aliphatic carbocycles. The Kier molecular flexibility index (Phi) is 4.77. The van der Waals surface area contributed by atoms with Crippen LogP contribution in [0.1, 0.15) is 31.9 Å². The Balaban J connectivity index is 2.69. The van der Waals surface area contributed by atoms with E-state index in [0.717, 1.165) is 11.1 Å². The molecule has 0 saturated heterocycles. The summed E-state index contributed by atoms with van der Waals surface area (Å²) in [5.74, 6) is -0.404. The number of nitrogens with two attached hydrogens (primary N) is 1. The number of esters is 1. The Bertz CT molecular complexity index is 438. The maximum atomic E-state index is 11.8. The lowest BCUT2D eigenvalue weighted by atomic mass is 10.0. The second-order valence-corrected chi connectivity index (χ2v) is 5.85. The summed E-state index contributed by atoms with van der Waals surface area (Å²) in [6, 6.07) is 5.01. The second-order valence-electron chi connectivity index (χ2n) is 5.44. The van der Waals surface area contributed by atoms with Gasteiger partial charge in [-0.15, -0.1) is 0 Å². The molecule has 0 spiro atoms. The first kappa shape index (κ1) is 15.0. The second kappa shape index (κ2) is 5.72. The quantitative estimate of drug-likeness (QED) is 0.859. The summed E-state index contributed by atoms with van der Waals surface area (Å²) in [5.41, 5.74) is 7.25. The van der Waals surface area contributed by atoms with Gasteiger partial charge >= 0.3 is 5.97 Å². The first-order valence-corrected chi connectivity index (χ1v) is 6.30. The third kappa shape index (κ3) is 4.67. The molecule has 0 aliphatic rings. The number of benzene rings is 1. The van der Waals surface area contributed by atoms with Gasteiger partial charge in [0.15, 0.2) is 0 Å². The first-order chi connectivity index (χ1) is 8.19. The van der Waals surface area contributed by atoms with Gasteiger partial charge in [0.05, 0.1) is 0 Å². The normalized spacial score (nSPS) is 13.2. The Morgan fingerprint density at radius 3 is 2.56 bits per heavy atom. The lowest BCUT2D eigenvalue weighted by Gasteiger charge is -2.22. The number of hydrogen-bond donors (Lipinski definition) is 1. The average molecular weight is 270 g/mol. The third-order valence-corrected chi connectivity index (χ3v) is 2.71. The molecule has 100 valence electrons. The van der Waals surface area contributed by atoms with Crippen molar-refractivity contribution in [3.63, 3.8) is 0 Å². The van der Waals surface area contributed by atoms with E-state index in [9.17, 15) is 4.79 Å². The number of carbonyl (C=O) groups excluding carboxylic acids is 1. The predicted molar refractivity (Wildman–Crippen MR) is 73.7 cm³/mol. The molecule has 0 radical (unpaired) electrons. The fourth-order valence-corrected chi connectivity index (χ4v) is 1.83. The minimum absolute atomic E-state index is 0.383. The highest BCUT2D eigenvalue weighted by atomic mass is 35.5. The molecule has 0 amide bonds. The van der Waals surface area contributed by atoms with Crippen LogP contribution in [0.5, 0.6) is 0 Å². The molecule has 0 heterocycles. The minimum atomic E-state index is -0.690. The number of halogens is 1. The lowest BCUT2D eigenvalue weighted by molar-refractivity contribution is -0.156. The Hall–Kier alpha value is -1.06. The zero-order chi connectivity index (χ0) is 13.9. The van der Waals surface area contributed by atoms with Crippen molar-refractivity contribution in [2.24, 2.45) is 5.73 Å². The molecule has 3 nitrogen and oxygen atoms in total. The molecule has 18 heavy (non-hydrogen) atoms. The van der Waals surface area contributed by atoms with Gasteiger partial charge in [0.25, 0.3) is 0 Å². The summed E-state index contributed by atoms with van der Waals surface area (Å²) in [6.45, 7) is 7.41. The van der Waals surface area contributed by atoms with E-state index in [4.69, 9.17) is 22.1 Å². The Labute approximate surface area is 113 Å². The first-order valence-electron chi connectivity index (χ1n) is 5.92. The number of aryl methyl sites for hydroxylation is 1. The number of rotatable bonds is 3. The van der Waals surface area contributed by atoms with Crippen LogP contribution in [-0.2, 0) is 16.0 Å². The van der Waals surface area contributed by atoms with Crippen LogP contribution >= 0.6 is 11.6 Å². The Morgan fingerprint density at radius 2 is 2.06 bits per heavy atom. The van der Waals surface area contributed by atoms with Crippen LogP contribution < -0.4 is 5.73 Å². The van der Waals surface area contributed by atoms with Crippen LogP contribution in [0.4, 0.5) is 0 Å². The van der Waals surface area contributed by atoms with Crippen molar-refractivity contribution in [1.29, 1.82) is 0 Å². The minimum Gasteiger partial charge on any atom is -0.459 e. The smallest absolute Gasteiger partial charge is 0.323 e. The van der Waals surface area contributed by atoms with Crippen molar-refractivity contribution in [2.45, 2.75) is 45.8 Å². The molecular formula is C14H20ClNO2. The molecule has 1 rings (SSSR count). The van der Waals surface area contributed by atoms with E-state index in [1.807, 2.05) is 45.9 Å². The highest BCUT2D eigenvalue weighted by Crippen LogP contribution is 2.19. The zero-order valence-corrected chi connectivity index (χ0v) is 12.0. The fraction of sp³-hybridized carbons (Fsp3) is 0.500. The predicted octanol–water partition coefficient (Wildman–Crippen LogP) is 2.86. The fourth-order valence-electron chi connectivity index (χ4n) is 1.52. The van der Waals surface area contributed by atoms with Crippen molar-refractivity contribution in [1.82, 2.24) is 0 Å². The van der Waals surface area contributed by atoms with E-state index < -0.39 is 17.6 Å². The zero-order valence-electron chi connectivity index (χ0n) is 11.3. The molecule has 0 saturated carbocycles. The van der Waals surface area contributed by atoms with E-state index in [0.29, 0.717) is 11.4 Å². The third-order valence-electron chi connectivity index (χ3n) is 2.36. The van der Waals surface area contributed by atoms with Gasteiger partial charge in [0.1, 0.15) is 11.6 Å². The molecule has 4 heteroatoms. The van der Waals surface area contributed by atoms with E-state index in [1.54, 1.807) is 0 Å². The van der Waals surface area contributed by atoms with Crippen LogP contribution in [0.25, 0.3) is 0 Å². The average Bonchev–Trinajstić information content (AvgIpc) is 2.19. The van der Waals surface area contributed by atoms with Crippen LogP contribution in [0, 0.1) is 6.92 Å². The molecule has 0 aromatic heterocycles. The van der Waals surface area contributed by atoms with E-state index in [2.05, 4.69) is 0 Å². The van der Waals surface area contributed by atoms with Gasteiger partial charge in [-0.3, -0.25) is 4.79 Å². The molecule has 1 aromatic rings. The van der Waals surface area contributed by atoms with Crippen molar-refractivity contribution in [3.8, 4) is 0 Å². The van der Waals surface area contributed by atoms with Gasteiger partial charge in [-0.1, -0.05) is 23.7 Å². The van der Waals surface area contributed by atoms with Gasteiger partial charge < -0.3 is 10.5 Å². The summed E-state index contributed by atoms with van der Waals surface area (Å²) in [6.07, 6.45) is 0.383. The lowest BCUT2D eigenvalue weighted by Crippen LogP contribution is -2.38. The van der Waals surface area contributed by atoms with E-state index >= 15 is 0 Å². The van der Waals surface area contributed by atoms with Crippen LogP contribution in [-0.4, -0.2) is 17.6 Å². The van der Waals surface area contributed by atoms with Crippen molar-refractivity contribution >= 4 is 17.6 Å². The maximum Gasteiger partial charge on any atom is 0.323 e. The molecular weight excluding hydrogens is 250 g/mol. The topological polar surface area (TPSA) is 52.3 Å². The van der Waals surface area contributed by atoms with Crippen molar-refractivity contribution in [3.05, 3.63) is 34.3 Å². The molecule has 2 N–H and O–H groups in total. The number of hydrogen-bond acceptors (Lipinski definition) is 3. The molecule has 1 aromatic carbocycles. The Morgan fingerprint density at radius 1 is 1.44 bits per heavy atom. The summed E-state index contributed by atoms with van der Waals surface area (Å²) in [5, 5.41) is 0.633. The van der Waals surface area contributed by atoms with Crippen LogP contribution in [0.3, 0.4) is 0 Å². The summed E-state index contributed by atoms with van der Waals surface area (Å²) < 4.78 is 5.23. The van der Waals surface area contributed by atoms with Gasteiger partial charge in [-0.25, -0.2) is 0 Å². The molecule has 0 fully saturated rings. The maximum absolute atomic E-state index is 11.8. The summed E-state index contributed by atoms with van der Waals surface area (Å²) in [7, 11) is 0. The van der Waals surface area contributed by atoms with E-state index in [-0.39, 0.29) is 0 Å². The SMILES string of the molecule is Cc1ccc(C[C@H](N)C(=O)OC(C)(C)C)c(Cl)c1. The summed E-state index contributed by atoms with van der Waals surface area (Å²) in [4.78, 5) is 11.8. The number of ether oxygens (including phenoxy) is 1. The highest BCUT2D eigenvalue weighted by Gasteiger charge is 2.22. The molecule has 0 unspecified atom stereocenters. The van der Waals surface area contributed by atoms with Crippen molar-refractivity contribution in [2.75, 3.05) is 0 Å². The molecule has 0 bridgehead atoms. The molecule has 0 aliphatic heterocycles. The molecule has 1 atom stereocenters. The van der Waals surface area contributed by atoms with Crippen molar-refractivity contribution < 1.29 is 9.53 Å². The largest absolute Gasteiger partial charge is 0.459 e.